The molecule has 17 heavy (non-hydrogen) atoms. The molecule has 0 atom stereocenters. The molecule has 0 aliphatic heterocycles. The van der Waals surface area contributed by atoms with Crippen molar-refractivity contribution in [1.29, 1.82) is 0 Å². The Balaban J connectivity index is 2.85. The molecule has 1 aromatic heterocycles. The third-order valence-corrected chi connectivity index (χ3v) is 3.40. The number of aromatic nitrogens is 1. The molecule has 2 heteroatoms. The van der Waals surface area contributed by atoms with Crippen molar-refractivity contribution < 1.29 is 0 Å². The molecule has 0 aliphatic rings. The van der Waals surface area contributed by atoms with Crippen LogP contribution in [-0.4, -0.2) is 12.0 Å². The summed E-state index contributed by atoms with van der Waals surface area (Å²) >= 11 is 0. The summed E-state index contributed by atoms with van der Waals surface area (Å²) < 4.78 is 0. The number of nitrogens with zero attached hydrogens (tertiary/aromatic N) is 1. The van der Waals surface area contributed by atoms with Gasteiger partial charge >= 0.3 is 0 Å². The van der Waals surface area contributed by atoms with Crippen LogP contribution in [0.25, 0.3) is 10.8 Å². The fraction of sp³-hybridized carbons (Fsp3) is 0.400. The van der Waals surface area contributed by atoms with Gasteiger partial charge in [0.15, 0.2) is 0 Å². The van der Waals surface area contributed by atoms with Crippen molar-refractivity contribution in [3.05, 3.63) is 35.0 Å². The van der Waals surface area contributed by atoms with Crippen molar-refractivity contribution in [1.82, 2.24) is 4.98 Å². The lowest BCUT2D eigenvalue weighted by atomic mass is 9.89. The van der Waals surface area contributed by atoms with E-state index in [4.69, 9.17) is 0 Å². The van der Waals surface area contributed by atoms with E-state index in [9.17, 15) is 0 Å². The Morgan fingerprint density at radius 1 is 1.18 bits per heavy atom. The predicted molar refractivity (Wildman–Crippen MR) is 74.9 cm³/mol. The number of fused-ring (bicyclic) bond motifs is 1. The number of aryl methyl sites for hydroxylation is 2. The highest BCUT2D eigenvalue weighted by atomic mass is 14.9. The Labute approximate surface area is 103 Å². The van der Waals surface area contributed by atoms with Crippen LogP contribution < -0.4 is 5.32 Å². The summed E-state index contributed by atoms with van der Waals surface area (Å²) in [7, 11) is 1.92. The van der Waals surface area contributed by atoms with E-state index >= 15 is 0 Å². The number of pyridine rings is 1. The molecule has 0 radical (unpaired) electrons. The van der Waals surface area contributed by atoms with Crippen molar-refractivity contribution in [2.45, 2.75) is 33.6 Å². The van der Waals surface area contributed by atoms with Gasteiger partial charge in [-0.2, -0.15) is 0 Å². The molecule has 90 valence electrons. The van der Waals surface area contributed by atoms with E-state index in [1.54, 1.807) is 0 Å². The van der Waals surface area contributed by atoms with Crippen LogP contribution in [0.15, 0.2) is 18.3 Å². The Bertz CT molecular complexity index is 556. The number of hydrogen-bond acceptors (Lipinski definition) is 2. The topological polar surface area (TPSA) is 24.9 Å². The van der Waals surface area contributed by atoms with Crippen LogP contribution in [0, 0.1) is 13.8 Å². The first-order valence-corrected chi connectivity index (χ1v) is 6.12. The van der Waals surface area contributed by atoms with Gasteiger partial charge in [0.2, 0.25) is 0 Å². The molecule has 1 heterocycles. The van der Waals surface area contributed by atoms with Gasteiger partial charge in [-0.1, -0.05) is 13.8 Å². The summed E-state index contributed by atoms with van der Waals surface area (Å²) in [4.78, 5) is 4.37. The van der Waals surface area contributed by atoms with Gasteiger partial charge in [0, 0.05) is 18.6 Å². The van der Waals surface area contributed by atoms with Crippen LogP contribution in [0.2, 0.25) is 0 Å². The molecule has 1 N–H and O–H groups in total. The molecule has 0 spiro atoms. The summed E-state index contributed by atoms with van der Waals surface area (Å²) in [5, 5.41) is 5.68. The average Bonchev–Trinajstić information content (AvgIpc) is 2.28. The number of hydrogen-bond donors (Lipinski definition) is 1. The van der Waals surface area contributed by atoms with Gasteiger partial charge in [-0.05, 0) is 54.0 Å². The zero-order valence-electron chi connectivity index (χ0n) is 11.3. The molecule has 0 bridgehead atoms. The van der Waals surface area contributed by atoms with E-state index in [0.29, 0.717) is 5.92 Å². The van der Waals surface area contributed by atoms with Crippen LogP contribution in [0.1, 0.15) is 36.5 Å². The molecular formula is C15H20N2. The summed E-state index contributed by atoms with van der Waals surface area (Å²) in [5.41, 5.74) is 4.20. The Morgan fingerprint density at radius 3 is 2.47 bits per heavy atom. The molecule has 0 amide bonds. The summed E-state index contributed by atoms with van der Waals surface area (Å²) in [6.07, 6.45) is 1.88. The second kappa shape index (κ2) is 4.36. The summed E-state index contributed by atoms with van der Waals surface area (Å²) in [6, 6.07) is 4.35. The van der Waals surface area contributed by atoms with Crippen LogP contribution in [0.5, 0.6) is 0 Å². The first-order chi connectivity index (χ1) is 8.06. The lowest BCUT2D eigenvalue weighted by Crippen LogP contribution is -2.00. The first-order valence-electron chi connectivity index (χ1n) is 6.12. The van der Waals surface area contributed by atoms with Gasteiger partial charge in [0.1, 0.15) is 5.82 Å². The average molecular weight is 228 g/mol. The highest BCUT2D eigenvalue weighted by molar-refractivity contribution is 5.95. The van der Waals surface area contributed by atoms with Gasteiger partial charge in [-0.25, -0.2) is 4.98 Å². The van der Waals surface area contributed by atoms with Crippen LogP contribution in [-0.2, 0) is 0 Å². The molecule has 0 saturated heterocycles. The van der Waals surface area contributed by atoms with Gasteiger partial charge in [-0.3, -0.25) is 0 Å². The van der Waals surface area contributed by atoms with Gasteiger partial charge < -0.3 is 5.32 Å². The highest BCUT2D eigenvalue weighted by Crippen LogP contribution is 2.32. The minimum atomic E-state index is 0.561. The standard InChI is InChI=1S/C15H20N2/c1-9(2)14-10(3)8-13-12(11(14)4)6-7-17-15(13)16-5/h6-9H,1-5H3,(H,16,17). The molecule has 2 nitrogen and oxygen atoms in total. The van der Waals surface area contributed by atoms with Crippen molar-refractivity contribution in [3.8, 4) is 0 Å². The summed E-state index contributed by atoms with van der Waals surface area (Å²) in [5.74, 6) is 1.52. The van der Waals surface area contributed by atoms with Gasteiger partial charge in [0.05, 0.1) is 0 Å². The van der Waals surface area contributed by atoms with Crippen molar-refractivity contribution in [2.24, 2.45) is 0 Å². The van der Waals surface area contributed by atoms with E-state index in [1.165, 1.54) is 27.5 Å². The Hall–Kier alpha value is -1.57. The second-order valence-electron chi connectivity index (χ2n) is 4.89. The normalized spacial score (nSPS) is 11.2. The zero-order chi connectivity index (χ0) is 12.6. The number of nitrogens with one attached hydrogen (secondary N) is 1. The number of rotatable bonds is 2. The van der Waals surface area contributed by atoms with E-state index in [1.807, 2.05) is 13.2 Å². The van der Waals surface area contributed by atoms with Crippen molar-refractivity contribution in [2.75, 3.05) is 12.4 Å². The smallest absolute Gasteiger partial charge is 0.133 e. The van der Waals surface area contributed by atoms with E-state index in [-0.39, 0.29) is 0 Å². The lowest BCUT2D eigenvalue weighted by Gasteiger charge is -2.17. The second-order valence-corrected chi connectivity index (χ2v) is 4.89. The third-order valence-electron chi connectivity index (χ3n) is 3.40. The highest BCUT2D eigenvalue weighted by Gasteiger charge is 2.12. The quantitative estimate of drug-likeness (QED) is 0.839. The van der Waals surface area contributed by atoms with E-state index in [2.05, 4.69) is 50.1 Å². The maximum Gasteiger partial charge on any atom is 0.133 e. The van der Waals surface area contributed by atoms with Gasteiger partial charge in [0.25, 0.3) is 0 Å². The fourth-order valence-electron chi connectivity index (χ4n) is 2.77. The van der Waals surface area contributed by atoms with Gasteiger partial charge in [-0.15, -0.1) is 0 Å². The summed E-state index contributed by atoms with van der Waals surface area (Å²) in [6.45, 7) is 8.90. The molecule has 2 aromatic rings. The van der Waals surface area contributed by atoms with Crippen molar-refractivity contribution >= 4 is 16.6 Å². The van der Waals surface area contributed by atoms with Crippen LogP contribution in [0.3, 0.4) is 0 Å². The molecule has 0 unspecified atom stereocenters. The van der Waals surface area contributed by atoms with Crippen LogP contribution >= 0.6 is 0 Å². The SMILES string of the molecule is CNc1nccc2c(C)c(C(C)C)c(C)cc12. The third kappa shape index (κ3) is 1.88. The fourth-order valence-corrected chi connectivity index (χ4v) is 2.77. The monoisotopic (exact) mass is 228 g/mol. The molecule has 0 saturated carbocycles. The first kappa shape index (κ1) is 11.9. The Morgan fingerprint density at radius 2 is 1.88 bits per heavy atom. The molecule has 0 aliphatic carbocycles. The predicted octanol–water partition coefficient (Wildman–Crippen LogP) is 4.02. The zero-order valence-corrected chi connectivity index (χ0v) is 11.3. The van der Waals surface area contributed by atoms with Crippen molar-refractivity contribution in [3.63, 3.8) is 0 Å². The molecule has 2 rings (SSSR count). The maximum atomic E-state index is 4.37. The minimum absolute atomic E-state index is 0.561. The largest absolute Gasteiger partial charge is 0.373 e. The minimum Gasteiger partial charge on any atom is -0.373 e. The van der Waals surface area contributed by atoms with E-state index < -0.39 is 0 Å². The molecule has 0 fully saturated rings. The van der Waals surface area contributed by atoms with Crippen LogP contribution in [0.4, 0.5) is 5.82 Å². The van der Waals surface area contributed by atoms with E-state index in [0.717, 1.165) is 5.82 Å². The molecule has 1 aromatic carbocycles. The Kier molecular flexibility index (Phi) is 3.05. The molecular weight excluding hydrogens is 208 g/mol. The maximum absolute atomic E-state index is 4.37. The lowest BCUT2D eigenvalue weighted by molar-refractivity contribution is 0.849. The number of anilines is 1. The number of benzene rings is 1.